The molecule has 2 aromatic carbocycles. The molecule has 1 aliphatic heterocycles. The zero-order chi connectivity index (χ0) is 19.0. The Morgan fingerprint density at radius 1 is 1.15 bits per heavy atom. The van der Waals surface area contributed by atoms with Crippen LogP contribution in [0.3, 0.4) is 0 Å². The van der Waals surface area contributed by atoms with Crippen molar-refractivity contribution in [1.82, 2.24) is 9.47 Å². The maximum atomic E-state index is 13.2. The van der Waals surface area contributed by atoms with Crippen LogP contribution < -0.4 is 4.74 Å². The lowest BCUT2D eigenvalue weighted by molar-refractivity contribution is 0.245. The van der Waals surface area contributed by atoms with E-state index < -0.39 is 0 Å². The summed E-state index contributed by atoms with van der Waals surface area (Å²) in [5, 5.41) is 1.30. The number of likely N-dealkylation sites (N-methyl/N-ethyl adjacent to an activating group) is 1. The highest BCUT2D eigenvalue weighted by atomic mass is 19.1. The van der Waals surface area contributed by atoms with Crippen molar-refractivity contribution in [3.63, 3.8) is 0 Å². The van der Waals surface area contributed by atoms with Crippen LogP contribution in [0, 0.1) is 5.82 Å². The first-order valence-corrected chi connectivity index (χ1v) is 9.81. The molecule has 0 aliphatic carbocycles. The Balaban J connectivity index is 1.76. The number of aryl methyl sites for hydroxylation is 2. The van der Waals surface area contributed by atoms with Crippen molar-refractivity contribution in [2.45, 2.75) is 39.3 Å². The van der Waals surface area contributed by atoms with Gasteiger partial charge in [-0.25, -0.2) is 4.39 Å². The van der Waals surface area contributed by atoms with Gasteiger partial charge in [-0.05, 0) is 68.8 Å². The third-order valence-corrected chi connectivity index (χ3v) is 5.81. The Bertz CT molecular complexity index is 945. The van der Waals surface area contributed by atoms with Crippen molar-refractivity contribution >= 4 is 10.9 Å². The van der Waals surface area contributed by atoms with Crippen molar-refractivity contribution < 1.29 is 9.13 Å². The number of fused-ring (bicyclic) bond motifs is 3. The minimum absolute atomic E-state index is 0.178. The number of hydrogen-bond donors (Lipinski definition) is 0. The average Bonchev–Trinajstić information content (AvgIpc) is 2.98. The maximum Gasteiger partial charge on any atom is 0.123 e. The van der Waals surface area contributed by atoms with Crippen LogP contribution in [0.15, 0.2) is 42.5 Å². The van der Waals surface area contributed by atoms with Crippen molar-refractivity contribution in [2.24, 2.45) is 0 Å². The zero-order valence-corrected chi connectivity index (χ0v) is 16.3. The molecule has 3 nitrogen and oxygen atoms in total. The molecule has 0 saturated heterocycles. The molecule has 0 amide bonds. The van der Waals surface area contributed by atoms with Gasteiger partial charge in [-0.1, -0.05) is 12.1 Å². The first-order valence-electron chi connectivity index (χ1n) is 9.81. The number of hydrogen-bond acceptors (Lipinski definition) is 2. The molecule has 0 N–H and O–H groups in total. The molecule has 1 aromatic heterocycles. The number of nitrogens with zero attached hydrogens (tertiary/aromatic N) is 2. The Hall–Kier alpha value is -2.33. The van der Waals surface area contributed by atoms with Gasteiger partial charge < -0.3 is 9.30 Å². The monoisotopic (exact) mass is 366 g/mol. The number of rotatable bonds is 5. The van der Waals surface area contributed by atoms with Gasteiger partial charge in [-0.2, -0.15) is 0 Å². The van der Waals surface area contributed by atoms with Gasteiger partial charge in [-0.15, -0.1) is 0 Å². The smallest absolute Gasteiger partial charge is 0.123 e. The molecule has 0 fully saturated rings. The fraction of sp³-hybridized carbons (Fsp3) is 0.391. The molecule has 2 heterocycles. The predicted molar refractivity (Wildman–Crippen MR) is 108 cm³/mol. The van der Waals surface area contributed by atoms with E-state index in [-0.39, 0.29) is 5.82 Å². The van der Waals surface area contributed by atoms with Crippen LogP contribution in [0.5, 0.6) is 5.75 Å². The number of aromatic nitrogens is 1. The van der Waals surface area contributed by atoms with Gasteiger partial charge >= 0.3 is 0 Å². The minimum Gasteiger partial charge on any atom is -0.494 e. The summed E-state index contributed by atoms with van der Waals surface area (Å²) in [6.07, 6.45) is 1.95. The van der Waals surface area contributed by atoms with Crippen LogP contribution in [0.4, 0.5) is 4.39 Å². The van der Waals surface area contributed by atoms with Gasteiger partial charge in [0.15, 0.2) is 0 Å². The van der Waals surface area contributed by atoms with E-state index in [9.17, 15) is 4.39 Å². The van der Waals surface area contributed by atoms with Crippen LogP contribution in [0.2, 0.25) is 0 Å². The van der Waals surface area contributed by atoms with E-state index in [1.807, 2.05) is 19.1 Å². The lowest BCUT2D eigenvalue weighted by atomic mass is 9.97. The summed E-state index contributed by atoms with van der Waals surface area (Å²) in [6, 6.07) is 13.7. The third-order valence-electron chi connectivity index (χ3n) is 5.81. The molecule has 142 valence electrons. The minimum atomic E-state index is -0.178. The van der Waals surface area contributed by atoms with Crippen LogP contribution >= 0.6 is 0 Å². The van der Waals surface area contributed by atoms with Gasteiger partial charge in [0.1, 0.15) is 11.6 Å². The number of halogens is 1. The highest BCUT2D eigenvalue weighted by Gasteiger charge is 2.28. The van der Waals surface area contributed by atoms with Crippen LogP contribution in [-0.2, 0) is 19.4 Å². The quantitative estimate of drug-likeness (QED) is 0.634. The largest absolute Gasteiger partial charge is 0.494 e. The van der Waals surface area contributed by atoms with Crippen LogP contribution in [-0.4, -0.2) is 29.7 Å². The summed E-state index contributed by atoms with van der Waals surface area (Å²) in [6.45, 7) is 6.95. The van der Waals surface area contributed by atoms with E-state index in [0.29, 0.717) is 12.6 Å². The van der Waals surface area contributed by atoms with Gasteiger partial charge in [-0.3, -0.25) is 4.90 Å². The number of benzene rings is 2. The first-order chi connectivity index (χ1) is 13.1. The summed E-state index contributed by atoms with van der Waals surface area (Å²) >= 11 is 0. The van der Waals surface area contributed by atoms with E-state index in [1.165, 1.54) is 27.7 Å². The van der Waals surface area contributed by atoms with E-state index >= 15 is 0 Å². The molecule has 1 aliphatic rings. The summed E-state index contributed by atoms with van der Waals surface area (Å²) in [5.74, 6) is 0.756. The van der Waals surface area contributed by atoms with Crippen molar-refractivity contribution in [3.05, 3.63) is 65.1 Å². The van der Waals surface area contributed by atoms with Gasteiger partial charge in [0.2, 0.25) is 0 Å². The fourth-order valence-electron chi connectivity index (χ4n) is 4.25. The Labute approximate surface area is 160 Å². The molecular weight excluding hydrogens is 339 g/mol. The lowest BCUT2D eigenvalue weighted by Gasteiger charge is -2.31. The van der Waals surface area contributed by atoms with Crippen LogP contribution in [0.1, 0.15) is 36.7 Å². The molecule has 0 bridgehead atoms. The second-order valence-electron chi connectivity index (χ2n) is 7.41. The molecule has 3 aromatic rings. The maximum absolute atomic E-state index is 13.2. The van der Waals surface area contributed by atoms with Crippen LogP contribution in [0.25, 0.3) is 10.9 Å². The van der Waals surface area contributed by atoms with Gasteiger partial charge in [0.05, 0.1) is 6.61 Å². The van der Waals surface area contributed by atoms with Crippen molar-refractivity contribution in [1.29, 1.82) is 0 Å². The van der Waals surface area contributed by atoms with E-state index in [0.717, 1.165) is 31.7 Å². The summed E-state index contributed by atoms with van der Waals surface area (Å²) in [4.78, 5) is 2.42. The summed E-state index contributed by atoms with van der Waals surface area (Å²) < 4.78 is 21.4. The molecule has 0 saturated carbocycles. The predicted octanol–water partition coefficient (Wildman–Crippen LogP) is 4.97. The number of ether oxygens (including phenoxy) is 1. The summed E-state index contributed by atoms with van der Waals surface area (Å²) in [5.41, 5.74) is 5.30. The lowest BCUT2D eigenvalue weighted by Crippen LogP contribution is -2.31. The SMILES string of the molecule is CCOc1ccc2c(c1)c1c(n2CCc2ccc(F)cc2)CCN(C)C1C. The van der Waals surface area contributed by atoms with Crippen molar-refractivity contribution in [3.8, 4) is 5.75 Å². The Morgan fingerprint density at radius 3 is 2.67 bits per heavy atom. The van der Waals surface area contributed by atoms with E-state index in [2.05, 4.69) is 41.6 Å². The molecule has 0 spiro atoms. The highest BCUT2D eigenvalue weighted by molar-refractivity contribution is 5.87. The average molecular weight is 366 g/mol. The van der Waals surface area contributed by atoms with Crippen molar-refractivity contribution in [2.75, 3.05) is 20.2 Å². The summed E-state index contributed by atoms with van der Waals surface area (Å²) in [7, 11) is 2.20. The molecule has 27 heavy (non-hydrogen) atoms. The third kappa shape index (κ3) is 3.34. The standard InChI is InChI=1S/C23H27FN2O/c1-4-27-19-9-10-21-20(15-19)23-16(2)25(3)13-12-22(23)26(21)14-11-17-5-7-18(24)8-6-17/h5-10,15-16H,4,11-14H2,1-3H3. The Morgan fingerprint density at radius 2 is 1.93 bits per heavy atom. The second kappa shape index (κ2) is 7.35. The zero-order valence-electron chi connectivity index (χ0n) is 16.3. The fourth-order valence-corrected chi connectivity index (χ4v) is 4.25. The van der Waals surface area contributed by atoms with Gasteiger partial charge in [0.25, 0.3) is 0 Å². The molecule has 1 unspecified atom stereocenters. The first kappa shape index (κ1) is 18.1. The molecule has 4 rings (SSSR count). The Kier molecular flexibility index (Phi) is 4.92. The molecular formula is C23H27FN2O. The normalized spacial score (nSPS) is 17.3. The van der Waals surface area contributed by atoms with Gasteiger partial charge in [0, 0.05) is 42.1 Å². The van der Waals surface area contributed by atoms with E-state index in [4.69, 9.17) is 4.74 Å². The van der Waals surface area contributed by atoms with E-state index in [1.54, 1.807) is 12.1 Å². The molecule has 0 radical (unpaired) electrons. The highest BCUT2D eigenvalue weighted by Crippen LogP contribution is 2.38. The molecule has 1 atom stereocenters. The second-order valence-corrected chi connectivity index (χ2v) is 7.41. The topological polar surface area (TPSA) is 17.4 Å². The molecule has 4 heteroatoms.